The van der Waals surface area contributed by atoms with Gasteiger partial charge < -0.3 is 15.0 Å². The predicted molar refractivity (Wildman–Crippen MR) is 67.3 cm³/mol. The number of rotatable bonds is 4. The largest absolute Gasteiger partial charge is 0.378 e. The van der Waals surface area contributed by atoms with E-state index < -0.39 is 0 Å². The standard InChI is InChI=1S/C12H15N3O2S/c13-11(9-4-2-6-18-9)12-14-10(15-17-12)7-8-3-1-5-16-8/h2,4,6,8,11H,1,3,5,7,13H2. The van der Waals surface area contributed by atoms with E-state index in [0.29, 0.717) is 18.1 Å². The van der Waals surface area contributed by atoms with Crippen molar-refractivity contribution in [1.29, 1.82) is 0 Å². The van der Waals surface area contributed by atoms with Gasteiger partial charge in [0.25, 0.3) is 0 Å². The van der Waals surface area contributed by atoms with Crippen LogP contribution >= 0.6 is 11.3 Å². The van der Waals surface area contributed by atoms with Gasteiger partial charge in [0, 0.05) is 17.9 Å². The van der Waals surface area contributed by atoms with E-state index >= 15 is 0 Å². The van der Waals surface area contributed by atoms with Gasteiger partial charge in [0.15, 0.2) is 5.82 Å². The van der Waals surface area contributed by atoms with Crippen molar-refractivity contribution in [3.8, 4) is 0 Å². The molecule has 1 saturated heterocycles. The van der Waals surface area contributed by atoms with Gasteiger partial charge in [-0.3, -0.25) is 0 Å². The molecule has 2 N–H and O–H groups in total. The Balaban J connectivity index is 1.69. The van der Waals surface area contributed by atoms with Crippen molar-refractivity contribution in [3.63, 3.8) is 0 Å². The average Bonchev–Trinajstić information content (AvgIpc) is 3.11. The molecule has 5 nitrogen and oxygen atoms in total. The van der Waals surface area contributed by atoms with Crippen molar-refractivity contribution in [2.24, 2.45) is 5.73 Å². The number of thiophene rings is 1. The maximum atomic E-state index is 6.07. The minimum atomic E-state index is -0.323. The van der Waals surface area contributed by atoms with Gasteiger partial charge in [-0.05, 0) is 24.3 Å². The first-order chi connectivity index (χ1) is 8.83. The van der Waals surface area contributed by atoms with Crippen molar-refractivity contribution in [2.75, 3.05) is 6.61 Å². The number of nitrogens with two attached hydrogens (primary N) is 1. The van der Waals surface area contributed by atoms with Gasteiger partial charge in [0.2, 0.25) is 5.89 Å². The minimum absolute atomic E-state index is 0.230. The zero-order valence-corrected chi connectivity index (χ0v) is 10.7. The van der Waals surface area contributed by atoms with Crippen LogP contribution in [0.4, 0.5) is 0 Å². The molecule has 1 fully saturated rings. The fourth-order valence-electron chi connectivity index (χ4n) is 2.08. The van der Waals surface area contributed by atoms with Crippen LogP contribution in [0.1, 0.15) is 35.5 Å². The summed E-state index contributed by atoms with van der Waals surface area (Å²) in [7, 11) is 0. The SMILES string of the molecule is NC(c1nc(CC2CCCO2)no1)c1cccs1. The maximum absolute atomic E-state index is 6.07. The highest BCUT2D eigenvalue weighted by atomic mass is 32.1. The highest BCUT2D eigenvalue weighted by Gasteiger charge is 2.21. The molecule has 0 bridgehead atoms. The van der Waals surface area contributed by atoms with E-state index in [-0.39, 0.29) is 12.1 Å². The molecule has 0 radical (unpaired) electrons. The number of hydrogen-bond donors (Lipinski definition) is 1. The van der Waals surface area contributed by atoms with Crippen molar-refractivity contribution in [2.45, 2.75) is 31.4 Å². The van der Waals surface area contributed by atoms with E-state index in [9.17, 15) is 0 Å². The van der Waals surface area contributed by atoms with E-state index in [1.54, 1.807) is 11.3 Å². The van der Waals surface area contributed by atoms with E-state index in [0.717, 1.165) is 24.3 Å². The first-order valence-electron chi connectivity index (χ1n) is 6.06. The molecule has 0 aliphatic carbocycles. The van der Waals surface area contributed by atoms with Crippen molar-refractivity contribution < 1.29 is 9.26 Å². The number of ether oxygens (including phenoxy) is 1. The highest BCUT2D eigenvalue weighted by Crippen LogP contribution is 2.23. The Morgan fingerprint density at radius 2 is 2.50 bits per heavy atom. The van der Waals surface area contributed by atoms with Crippen LogP contribution in [0, 0.1) is 0 Å². The monoisotopic (exact) mass is 265 g/mol. The summed E-state index contributed by atoms with van der Waals surface area (Å²) in [6, 6.07) is 3.61. The molecule has 1 aliphatic rings. The van der Waals surface area contributed by atoms with Crippen LogP contribution in [0.3, 0.4) is 0 Å². The van der Waals surface area contributed by atoms with Gasteiger partial charge >= 0.3 is 0 Å². The van der Waals surface area contributed by atoms with Gasteiger partial charge in [-0.1, -0.05) is 11.2 Å². The summed E-state index contributed by atoms with van der Waals surface area (Å²) in [5, 5.41) is 5.95. The number of nitrogens with zero attached hydrogens (tertiary/aromatic N) is 2. The van der Waals surface area contributed by atoms with Gasteiger partial charge in [0.1, 0.15) is 6.04 Å². The summed E-state index contributed by atoms with van der Waals surface area (Å²) in [4.78, 5) is 5.38. The number of hydrogen-bond acceptors (Lipinski definition) is 6. The molecule has 0 spiro atoms. The lowest BCUT2D eigenvalue weighted by molar-refractivity contribution is 0.109. The Kier molecular flexibility index (Phi) is 3.40. The molecule has 0 aromatic carbocycles. The lowest BCUT2D eigenvalue weighted by Gasteiger charge is -2.04. The first-order valence-corrected chi connectivity index (χ1v) is 6.94. The molecule has 3 rings (SSSR count). The maximum Gasteiger partial charge on any atom is 0.248 e. The van der Waals surface area contributed by atoms with Crippen molar-refractivity contribution >= 4 is 11.3 Å². The lowest BCUT2D eigenvalue weighted by Crippen LogP contribution is -2.12. The highest BCUT2D eigenvalue weighted by molar-refractivity contribution is 7.10. The Morgan fingerprint density at radius 1 is 1.56 bits per heavy atom. The topological polar surface area (TPSA) is 74.2 Å². The molecular weight excluding hydrogens is 250 g/mol. The van der Waals surface area contributed by atoms with Crippen molar-refractivity contribution in [1.82, 2.24) is 10.1 Å². The van der Waals surface area contributed by atoms with Crippen LogP contribution < -0.4 is 5.73 Å². The van der Waals surface area contributed by atoms with E-state index in [2.05, 4.69) is 10.1 Å². The Labute approximate surface area is 109 Å². The smallest absolute Gasteiger partial charge is 0.248 e. The van der Waals surface area contributed by atoms with Gasteiger partial charge in [-0.25, -0.2) is 0 Å². The second-order valence-corrected chi connectivity index (χ2v) is 5.36. The molecule has 1 aliphatic heterocycles. The zero-order chi connectivity index (χ0) is 12.4. The van der Waals surface area contributed by atoms with E-state index in [1.165, 1.54) is 0 Å². The Morgan fingerprint density at radius 3 is 3.22 bits per heavy atom. The summed E-state index contributed by atoms with van der Waals surface area (Å²) < 4.78 is 10.8. The van der Waals surface area contributed by atoms with E-state index in [4.69, 9.17) is 15.0 Å². The summed E-state index contributed by atoms with van der Waals surface area (Å²) in [5.41, 5.74) is 6.07. The molecule has 2 unspecified atom stereocenters. The predicted octanol–water partition coefficient (Wildman–Crippen LogP) is 1.90. The molecule has 0 amide bonds. The molecule has 2 atom stereocenters. The van der Waals surface area contributed by atoms with Gasteiger partial charge in [-0.2, -0.15) is 4.98 Å². The normalized spacial score (nSPS) is 21.3. The first kappa shape index (κ1) is 11.8. The van der Waals surface area contributed by atoms with Gasteiger partial charge in [-0.15, -0.1) is 11.3 Å². The molecule has 96 valence electrons. The van der Waals surface area contributed by atoms with Crippen LogP contribution in [0.25, 0.3) is 0 Å². The van der Waals surface area contributed by atoms with Crippen LogP contribution in [0.5, 0.6) is 0 Å². The van der Waals surface area contributed by atoms with Crippen LogP contribution in [0.2, 0.25) is 0 Å². The number of aromatic nitrogens is 2. The molecule has 3 heterocycles. The van der Waals surface area contributed by atoms with Crippen molar-refractivity contribution in [3.05, 3.63) is 34.1 Å². The second kappa shape index (κ2) is 5.17. The quantitative estimate of drug-likeness (QED) is 0.914. The van der Waals surface area contributed by atoms with Crippen LogP contribution in [-0.4, -0.2) is 22.9 Å². The molecule has 0 saturated carbocycles. The summed E-state index contributed by atoms with van der Waals surface area (Å²) in [5.74, 6) is 1.16. The van der Waals surface area contributed by atoms with Crippen LogP contribution in [0.15, 0.2) is 22.0 Å². The Hall–Kier alpha value is -1.24. The Bertz CT molecular complexity index is 491. The molecule has 2 aromatic rings. The third-order valence-corrected chi connectivity index (χ3v) is 3.99. The van der Waals surface area contributed by atoms with E-state index in [1.807, 2.05) is 17.5 Å². The second-order valence-electron chi connectivity index (χ2n) is 4.38. The summed E-state index contributed by atoms with van der Waals surface area (Å²) in [6.07, 6.45) is 3.12. The minimum Gasteiger partial charge on any atom is -0.378 e. The molecule has 6 heteroatoms. The average molecular weight is 265 g/mol. The molecule has 2 aromatic heterocycles. The third kappa shape index (κ3) is 2.45. The summed E-state index contributed by atoms with van der Waals surface area (Å²) in [6.45, 7) is 0.837. The fourth-order valence-corrected chi connectivity index (χ4v) is 2.79. The lowest BCUT2D eigenvalue weighted by atomic mass is 10.2. The molecular formula is C12H15N3O2S. The zero-order valence-electron chi connectivity index (χ0n) is 9.91. The molecule has 18 heavy (non-hydrogen) atoms. The fraction of sp³-hybridized carbons (Fsp3) is 0.500. The third-order valence-electron chi connectivity index (χ3n) is 3.03. The van der Waals surface area contributed by atoms with Crippen LogP contribution in [-0.2, 0) is 11.2 Å². The summed E-state index contributed by atoms with van der Waals surface area (Å²) >= 11 is 1.59. The van der Waals surface area contributed by atoms with Gasteiger partial charge in [0.05, 0.1) is 6.10 Å².